The first-order valence-electron chi connectivity index (χ1n) is 10.2. The number of carbonyl (C=O) groups excluding carboxylic acids is 1. The Morgan fingerprint density at radius 3 is 2.56 bits per heavy atom. The van der Waals surface area contributed by atoms with Crippen molar-refractivity contribution in [3.63, 3.8) is 0 Å². The maximum atomic E-state index is 12.6. The van der Waals surface area contributed by atoms with Gasteiger partial charge in [-0.25, -0.2) is 4.79 Å². The predicted octanol–water partition coefficient (Wildman–Crippen LogP) is 2.49. The molecule has 2 fully saturated rings. The lowest BCUT2D eigenvalue weighted by molar-refractivity contribution is 0.0242. The molecule has 2 aliphatic heterocycles. The van der Waals surface area contributed by atoms with Gasteiger partial charge in [-0.1, -0.05) is 20.8 Å². The summed E-state index contributed by atoms with van der Waals surface area (Å²) in [4.78, 5) is 16.9. The van der Waals surface area contributed by atoms with Gasteiger partial charge in [0.25, 0.3) is 0 Å². The standard InChI is InChI=1S/C20H35N5O2/c1-20(2,3)18-13-16(22-23-18)14-24(4)19(26)21-15-5-9-25(10-6-15)17-7-11-27-12-8-17/h13,15,17H,5-12,14H2,1-4H3,(H,21,26)(H,22,23). The van der Waals surface area contributed by atoms with Crippen LogP contribution in [-0.2, 0) is 16.7 Å². The lowest BCUT2D eigenvalue weighted by atomic mass is 9.92. The zero-order chi connectivity index (χ0) is 19.4. The van der Waals surface area contributed by atoms with E-state index in [1.54, 1.807) is 4.90 Å². The number of nitrogens with one attached hydrogen (secondary N) is 2. The highest BCUT2D eigenvalue weighted by atomic mass is 16.5. The molecule has 7 nitrogen and oxygen atoms in total. The van der Waals surface area contributed by atoms with Crippen LogP contribution in [0.15, 0.2) is 6.07 Å². The molecule has 0 atom stereocenters. The summed E-state index contributed by atoms with van der Waals surface area (Å²) < 4.78 is 5.46. The molecule has 0 spiro atoms. The summed E-state index contributed by atoms with van der Waals surface area (Å²) in [7, 11) is 1.84. The Bertz CT molecular complexity index is 610. The third kappa shape index (κ3) is 5.45. The van der Waals surface area contributed by atoms with E-state index < -0.39 is 0 Å². The average Bonchev–Trinajstić information content (AvgIpc) is 3.12. The minimum absolute atomic E-state index is 0.00794. The van der Waals surface area contributed by atoms with Crippen LogP contribution in [0.5, 0.6) is 0 Å². The van der Waals surface area contributed by atoms with Gasteiger partial charge in [-0.15, -0.1) is 0 Å². The van der Waals surface area contributed by atoms with E-state index in [1.807, 2.05) is 7.05 Å². The Kier molecular flexibility index (Phi) is 6.42. The van der Waals surface area contributed by atoms with Crippen LogP contribution >= 0.6 is 0 Å². The number of piperidine rings is 1. The van der Waals surface area contributed by atoms with Crippen LogP contribution in [0.3, 0.4) is 0 Å². The van der Waals surface area contributed by atoms with Crippen LogP contribution in [0.4, 0.5) is 4.79 Å². The molecule has 1 aromatic heterocycles. The first-order valence-corrected chi connectivity index (χ1v) is 10.2. The van der Waals surface area contributed by atoms with Gasteiger partial charge >= 0.3 is 6.03 Å². The van der Waals surface area contributed by atoms with E-state index in [4.69, 9.17) is 4.74 Å². The highest BCUT2D eigenvalue weighted by Crippen LogP contribution is 2.21. The minimum Gasteiger partial charge on any atom is -0.381 e. The van der Waals surface area contributed by atoms with Crippen LogP contribution in [0, 0.1) is 0 Å². The SMILES string of the molecule is CN(Cc1cc(C(C)(C)C)n[nH]1)C(=O)NC1CCN(C2CCOCC2)CC1. The fraction of sp³-hybridized carbons (Fsp3) is 0.800. The number of rotatable bonds is 4. The van der Waals surface area contributed by atoms with Crippen LogP contribution in [-0.4, -0.2) is 71.5 Å². The molecule has 27 heavy (non-hydrogen) atoms. The molecule has 0 radical (unpaired) electrons. The number of likely N-dealkylation sites (tertiary alicyclic amines) is 1. The van der Waals surface area contributed by atoms with Gasteiger partial charge in [-0.3, -0.25) is 5.10 Å². The number of aromatic amines is 1. The summed E-state index contributed by atoms with van der Waals surface area (Å²) in [6, 6.07) is 2.97. The molecule has 3 heterocycles. The highest BCUT2D eigenvalue weighted by Gasteiger charge is 2.27. The Morgan fingerprint density at radius 2 is 1.96 bits per heavy atom. The Balaban J connectivity index is 1.43. The number of aromatic nitrogens is 2. The second-order valence-electron chi connectivity index (χ2n) is 8.99. The number of carbonyl (C=O) groups is 1. The normalized spacial score (nSPS) is 20.6. The molecule has 0 aliphatic carbocycles. The van der Waals surface area contributed by atoms with Gasteiger partial charge in [0.05, 0.1) is 17.9 Å². The van der Waals surface area contributed by atoms with Crippen molar-refractivity contribution in [3.8, 4) is 0 Å². The number of H-pyrrole nitrogens is 1. The van der Waals surface area contributed by atoms with Gasteiger partial charge in [-0.2, -0.15) is 5.10 Å². The monoisotopic (exact) mass is 377 g/mol. The molecule has 2 N–H and O–H groups in total. The summed E-state index contributed by atoms with van der Waals surface area (Å²) in [5, 5.41) is 10.6. The van der Waals surface area contributed by atoms with E-state index in [-0.39, 0.29) is 17.5 Å². The van der Waals surface area contributed by atoms with Gasteiger partial charge in [0.2, 0.25) is 0 Å². The van der Waals surface area contributed by atoms with E-state index in [0.717, 1.165) is 63.4 Å². The number of amides is 2. The van der Waals surface area contributed by atoms with Crippen molar-refractivity contribution in [1.29, 1.82) is 0 Å². The van der Waals surface area contributed by atoms with Crippen LogP contribution in [0.1, 0.15) is 57.8 Å². The first-order chi connectivity index (χ1) is 12.8. The zero-order valence-corrected chi connectivity index (χ0v) is 17.3. The summed E-state index contributed by atoms with van der Waals surface area (Å²) in [6.07, 6.45) is 4.32. The van der Waals surface area contributed by atoms with Gasteiger partial charge in [0, 0.05) is 50.8 Å². The van der Waals surface area contributed by atoms with Crippen molar-refractivity contribution in [2.75, 3.05) is 33.4 Å². The van der Waals surface area contributed by atoms with Crippen molar-refractivity contribution in [2.24, 2.45) is 0 Å². The summed E-state index contributed by atoms with van der Waals surface area (Å²) in [5.41, 5.74) is 1.99. The largest absolute Gasteiger partial charge is 0.381 e. The fourth-order valence-corrected chi connectivity index (χ4v) is 3.90. The number of hydrogen-bond acceptors (Lipinski definition) is 4. The predicted molar refractivity (Wildman–Crippen MR) is 106 cm³/mol. The van der Waals surface area contributed by atoms with Gasteiger partial charge in [-0.05, 0) is 31.7 Å². The Hall–Kier alpha value is -1.60. The van der Waals surface area contributed by atoms with Gasteiger partial charge in [0.1, 0.15) is 0 Å². The van der Waals surface area contributed by atoms with Crippen molar-refractivity contribution in [3.05, 3.63) is 17.5 Å². The molecule has 0 aromatic carbocycles. The Morgan fingerprint density at radius 1 is 1.30 bits per heavy atom. The van der Waals surface area contributed by atoms with E-state index in [9.17, 15) is 4.79 Å². The smallest absolute Gasteiger partial charge is 0.317 e. The molecule has 2 saturated heterocycles. The van der Waals surface area contributed by atoms with Crippen LogP contribution in [0.2, 0.25) is 0 Å². The second kappa shape index (κ2) is 8.61. The molecule has 0 unspecified atom stereocenters. The topological polar surface area (TPSA) is 73.5 Å². The van der Waals surface area contributed by atoms with Gasteiger partial charge in [0.15, 0.2) is 0 Å². The van der Waals surface area contributed by atoms with E-state index in [1.165, 1.54) is 0 Å². The van der Waals surface area contributed by atoms with E-state index in [0.29, 0.717) is 12.6 Å². The van der Waals surface area contributed by atoms with Crippen LogP contribution in [0.25, 0.3) is 0 Å². The number of ether oxygens (including phenoxy) is 1. The molecule has 7 heteroatoms. The average molecular weight is 378 g/mol. The lowest BCUT2D eigenvalue weighted by Crippen LogP contribution is -2.51. The first kappa shape index (κ1) is 20.1. The van der Waals surface area contributed by atoms with Crippen molar-refractivity contribution in [1.82, 2.24) is 25.3 Å². The van der Waals surface area contributed by atoms with Crippen molar-refractivity contribution >= 4 is 6.03 Å². The molecule has 0 bridgehead atoms. The Labute approximate surface area is 162 Å². The fourth-order valence-electron chi connectivity index (χ4n) is 3.90. The number of hydrogen-bond donors (Lipinski definition) is 2. The number of urea groups is 1. The van der Waals surface area contributed by atoms with Crippen molar-refractivity contribution in [2.45, 2.75) is 70.5 Å². The number of nitrogens with zero attached hydrogens (tertiary/aromatic N) is 3. The van der Waals surface area contributed by atoms with E-state index >= 15 is 0 Å². The molecular formula is C20H35N5O2. The molecule has 3 rings (SSSR count). The van der Waals surface area contributed by atoms with Crippen LogP contribution < -0.4 is 5.32 Å². The summed E-state index contributed by atoms with van der Waals surface area (Å²) in [6.45, 7) is 10.8. The van der Waals surface area contributed by atoms with Crippen molar-refractivity contribution < 1.29 is 9.53 Å². The molecular weight excluding hydrogens is 342 g/mol. The zero-order valence-electron chi connectivity index (χ0n) is 17.3. The maximum Gasteiger partial charge on any atom is 0.317 e. The quantitative estimate of drug-likeness (QED) is 0.845. The molecule has 1 aromatic rings. The van der Waals surface area contributed by atoms with Gasteiger partial charge < -0.3 is 19.9 Å². The third-order valence-corrected chi connectivity index (χ3v) is 5.72. The molecule has 2 amide bonds. The summed E-state index contributed by atoms with van der Waals surface area (Å²) >= 11 is 0. The second-order valence-corrected chi connectivity index (χ2v) is 8.99. The minimum atomic E-state index is -0.00794. The molecule has 0 saturated carbocycles. The van der Waals surface area contributed by atoms with E-state index in [2.05, 4.69) is 47.3 Å². The molecule has 152 valence electrons. The maximum absolute atomic E-state index is 12.6. The summed E-state index contributed by atoms with van der Waals surface area (Å²) in [5.74, 6) is 0. The third-order valence-electron chi connectivity index (χ3n) is 5.72. The lowest BCUT2D eigenvalue weighted by Gasteiger charge is -2.39. The highest BCUT2D eigenvalue weighted by molar-refractivity contribution is 5.74. The molecule has 2 aliphatic rings.